The zero-order chi connectivity index (χ0) is 15.7. The Morgan fingerprint density at radius 2 is 1.50 bits per heavy atom. The number of esters is 1. The molecule has 0 aliphatic carbocycles. The first-order valence-electron chi connectivity index (χ1n) is 7.50. The van der Waals surface area contributed by atoms with E-state index in [1.54, 1.807) is 11.8 Å². The van der Waals surface area contributed by atoms with Crippen molar-refractivity contribution in [1.82, 2.24) is 4.90 Å². The van der Waals surface area contributed by atoms with Crippen molar-refractivity contribution in [2.45, 2.75) is 53.5 Å². The first kappa shape index (κ1) is 18.9. The Morgan fingerprint density at radius 3 is 1.85 bits per heavy atom. The molecule has 0 saturated heterocycles. The monoisotopic (exact) mass is 286 g/mol. The molecule has 0 aromatic rings. The van der Waals surface area contributed by atoms with Gasteiger partial charge in [-0.3, -0.25) is 4.79 Å². The molecule has 20 heavy (non-hydrogen) atoms. The quantitative estimate of drug-likeness (QED) is 0.518. The van der Waals surface area contributed by atoms with Crippen LogP contribution in [0.1, 0.15) is 47.5 Å². The Hall–Kier alpha value is -1.10. The van der Waals surface area contributed by atoms with Crippen LogP contribution in [0.5, 0.6) is 0 Å². The summed E-state index contributed by atoms with van der Waals surface area (Å²) in [6.07, 6.45) is 1.80. The fourth-order valence-corrected chi connectivity index (χ4v) is 1.69. The molecule has 1 unspecified atom stereocenters. The van der Waals surface area contributed by atoms with E-state index in [9.17, 15) is 9.59 Å². The van der Waals surface area contributed by atoms with Crippen LogP contribution in [0.25, 0.3) is 0 Å². The van der Waals surface area contributed by atoms with E-state index in [1.165, 1.54) is 0 Å². The van der Waals surface area contributed by atoms with Crippen molar-refractivity contribution in [3.63, 3.8) is 0 Å². The van der Waals surface area contributed by atoms with Crippen LogP contribution in [-0.2, 0) is 14.3 Å². The summed E-state index contributed by atoms with van der Waals surface area (Å²) in [6.45, 7) is 11.6. The lowest BCUT2D eigenvalue weighted by Gasteiger charge is -2.26. The Labute approximate surface area is 122 Å². The molecule has 0 spiro atoms. The van der Waals surface area contributed by atoms with Gasteiger partial charge in [-0.05, 0) is 31.6 Å². The number of amides is 1. The maximum Gasteiger partial charge on any atom is 0.332 e. The summed E-state index contributed by atoms with van der Waals surface area (Å²) in [7, 11) is 0. The second-order valence-electron chi connectivity index (χ2n) is 5.92. The van der Waals surface area contributed by atoms with Gasteiger partial charge in [0.1, 0.15) is 0 Å². The molecule has 0 radical (unpaired) electrons. The SMILES string of the molecule is CCOC(=O)C(N)C(=O)N(CCC(C)C)CCC(C)C. The van der Waals surface area contributed by atoms with E-state index < -0.39 is 12.0 Å². The molecular weight excluding hydrogens is 256 g/mol. The molecule has 0 saturated carbocycles. The molecule has 5 heteroatoms. The number of hydrogen-bond acceptors (Lipinski definition) is 4. The van der Waals surface area contributed by atoms with Gasteiger partial charge in [-0.25, -0.2) is 4.79 Å². The highest BCUT2D eigenvalue weighted by Gasteiger charge is 2.28. The Bertz CT molecular complexity index is 291. The molecule has 0 rings (SSSR count). The van der Waals surface area contributed by atoms with E-state index in [0.29, 0.717) is 24.9 Å². The summed E-state index contributed by atoms with van der Waals surface area (Å²) in [5, 5.41) is 0. The average molecular weight is 286 g/mol. The number of rotatable bonds is 9. The van der Waals surface area contributed by atoms with Gasteiger partial charge in [-0.1, -0.05) is 27.7 Å². The molecule has 118 valence electrons. The van der Waals surface area contributed by atoms with Gasteiger partial charge in [0.2, 0.25) is 0 Å². The van der Waals surface area contributed by atoms with Crippen molar-refractivity contribution in [1.29, 1.82) is 0 Å². The molecule has 0 fully saturated rings. The van der Waals surface area contributed by atoms with Gasteiger partial charge < -0.3 is 15.4 Å². The third-order valence-corrected chi connectivity index (χ3v) is 3.07. The van der Waals surface area contributed by atoms with Crippen LogP contribution < -0.4 is 5.73 Å². The number of nitrogens with zero attached hydrogens (tertiary/aromatic N) is 1. The van der Waals surface area contributed by atoms with E-state index >= 15 is 0 Å². The smallest absolute Gasteiger partial charge is 0.332 e. The zero-order valence-corrected chi connectivity index (χ0v) is 13.5. The molecule has 2 N–H and O–H groups in total. The van der Waals surface area contributed by atoms with Crippen molar-refractivity contribution >= 4 is 11.9 Å². The van der Waals surface area contributed by atoms with Crippen molar-refractivity contribution in [2.24, 2.45) is 17.6 Å². The fourth-order valence-electron chi connectivity index (χ4n) is 1.69. The summed E-state index contributed by atoms with van der Waals surface area (Å²) in [5.74, 6) is 0.0349. The summed E-state index contributed by atoms with van der Waals surface area (Å²) < 4.78 is 4.81. The predicted molar refractivity (Wildman–Crippen MR) is 80.1 cm³/mol. The number of hydrogen-bond donors (Lipinski definition) is 1. The predicted octanol–water partition coefficient (Wildman–Crippen LogP) is 1.80. The lowest BCUT2D eigenvalue weighted by atomic mass is 10.1. The molecule has 0 aliphatic heterocycles. The van der Waals surface area contributed by atoms with E-state index in [2.05, 4.69) is 27.7 Å². The Kier molecular flexibility index (Phi) is 9.21. The third-order valence-electron chi connectivity index (χ3n) is 3.07. The Balaban J connectivity index is 4.63. The maximum absolute atomic E-state index is 12.3. The van der Waals surface area contributed by atoms with E-state index in [4.69, 9.17) is 10.5 Å². The van der Waals surface area contributed by atoms with Gasteiger partial charge in [-0.2, -0.15) is 0 Å². The van der Waals surface area contributed by atoms with Crippen LogP contribution in [-0.4, -0.2) is 42.5 Å². The Morgan fingerprint density at radius 1 is 1.05 bits per heavy atom. The maximum atomic E-state index is 12.3. The topological polar surface area (TPSA) is 72.6 Å². The number of ether oxygens (including phenoxy) is 1. The lowest BCUT2D eigenvalue weighted by Crippen LogP contribution is -2.49. The van der Waals surface area contributed by atoms with E-state index in [0.717, 1.165) is 12.8 Å². The van der Waals surface area contributed by atoms with Crippen molar-refractivity contribution in [2.75, 3.05) is 19.7 Å². The van der Waals surface area contributed by atoms with Crippen molar-refractivity contribution < 1.29 is 14.3 Å². The highest BCUT2D eigenvalue weighted by atomic mass is 16.5. The first-order valence-corrected chi connectivity index (χ1v) is 7.50. The molecule has 0 aromatic heterocycles. The van der Waals surface area contributed by atoms with Gasteiger partial charge in [0.25, 0.3) is 5.91 Å². The van der Waals surface area contributed by atoms with Gasteiger partial charge in [0.15, 0.2) is 6.04 Å². The van der Waals surface area contributed by atoms with Gasteiger partial charge in [-0.15, -0.1) is 0 Å². The van der Waals surface area contributed by atoms with Gasteiger partial charge >= 0.3 is 5.97 Å². The number of nitrogens with two attached hydrogens (primary N) is 1. The number of carbonyl (C=O) groups is 2. The van der Waals surface area contributed by atoms with Gasteiger partial charge in [0.05, 0.1) is 6.61 Å². The molecule has 1 atom stereocenters. The second-order valence-corrected chi connectivity index (χ2v) is 5.92. The highest BCUT2D eigenvalue weighted by Crippen LogP contribution is 2.08. The van der Waals surface area contributed by atoms with Crippen LogP contribution in [0, 0.1) is 11.8 Å². The van der Waals surface area contributed by atoms with Crippen LogP contribution in [0.2, 0.25) is 0 Å². The van der Waals surface area contributed by atoms with E-state index in [-0.39, 0.29) is 12.5 Å². The molecule has 0 heterocycles. The summed E-state index contributed by atoms with van der Waals surface area (Å²) in [5.41, 5.74) is 5.69. The van der Waals surface area contributed by atoms with E-state index in [1.807, 2.05) is 0 Å². The molecular formula is C15H30N2O3. The zero-order valence-electron chi connectivity index (χ0n) is 13.5. The minimum Gasteiger partial charge on any atom is -0.464 e. The first-order chi connectivity index (χ1) is 9.29. The number of carbonyl (C=O) groups excluding carboxylic acids is 2. The van der Waals surface area contributed by atoms with Crippen LogP contribution in [0.4, 0.5) is 0 Å². The van der Waals surface area contributed by atoms with Crippen LogP contribution in [0.3, 0.4) is 0 Å². The molecule has 1 amide bonds. The minimum atomic E-state index is -1.20. The van der Waals surface area contributed by atoms with Crippen LogP contribution >= 0.6 is 0 Å². The summed E-state index contributed by atoms with van der Waals surface area (Å²) >= 11 is 0. The van der Waals surface area contributed by atoms with Crippen LogP contribution in [0.15, 0.2) is 0 Å². The normalized spacial score (nSPS) is 12.6. The minimum absolute atomic E-state index is 0.234. The highest BCUT2D eigenvalue weighted by molar-refractivity contribution is 6.01. The largest absolute Gasteiger partial charge is 0.464 e. The van der Waals surface area contributed by atoms with Crippen molar-refractivity contribution in [3.05, 3.63) is 0 Å². The second kappa shape index (κ2) is 9.75. The van der Waals surface area contributed by atoms with Gasteiger partial charge in [0, 0.05) is 13.1 Å². The summed E-state index contributed by atoms with van der Waals surface area (Å²) in [4.78, 5) is 25.6. The molecule has 0 aliphatic rings. The summed E-state index contributed by atoms with van der Waals surface area (Å²) in [6, 6.07) is -1.20. The third kappa shape index (κ3) is 7.48. The average Bonchev–Trinajstić information content (AvgIpc) is 2.36. The lowest BCUT2D eigenvalue weighted by molar-refractivity contribution is -0.151. The van der Waals surface area contributed by atoms with Crippen molar-refractivity contribution in [3.8, 4) is 0 Å². The fraction of sp³-hybridized carbons (Fsp3) is 0.867. The molecule has 0 bridgehead atoms. The molecule has 5 nitrogen and oxygen atoms in total. The standard InChI is InChI=1S/C15H30N2O3/c1-6-20-15(19)13(16)14(18)17(9-7-11(2)3)10-8-12(4)5/h11-13H,6-10,16H2,1-5H3. The molecule has 0 aromatic carbocycles.